The molecule has 0 saturated heterocycles. The number of nitrogens with zero attached hydrogens (tertiary/aromatic N) is 3. The first kappa shape index (κ1) is 31.6. The molecule has 4 heterocycles. The molecule has 56 heavy (non-hydrogen) atoms. The number of hydrogen-bond donors (Lipinski definition) is 0. The van der Waals surface area contributed by atoms with Crippen LogP contribution in [0.3, 0.4) is 0 Å². The Labute approximate surface area is 328 Å². The lowest BCUT2D eigenvalue weighted by molar-refractivity contribution is 0.601. The third kappa shape index (κ3) is 4.72. The fourth-order valence-electron chi connectivity index (χ4n) is 10.2. The van der Waals surface area contributed by atoms with Crippen molar-refractivity contribution in [3.63, 3.8) is 0 Å². The molecule has 4 aliphatic rings. The Kier molecular flexibility index (Phi) is 6.97. The smallest absolute Gasteiger partial charge is 0.252 e. The SMILES string of the molecule is c1ccc(-c2ccc(N(c3ccc(-c4ccccc4)cc3)c3ccc4c(c3)N(c3ccccc3)c3ccc5c6c3B4c3cccc4c3N6C(CC4)C5)cc2)cc1. The van der Waals surface area contributed by atoms with E-state index >= 15 is 0 Å². The Hall–Kier alpha value is -6.78. The summed E-state index contributed by atoms with van der Waals surface area (Å²) in [5.74, 6) is 0. The zero-order valence-corrected chi connectivity index (χ0v) is 31.0. The molecule has 0 spiro atoms. The van der Waals surface area contributed by atoms with Crippen molar-refractivity contribution in [2.75, 3.05) is 14.7 Å². The van der Waals surface area contributed by atoms with E-state index in [1.165, 1.54) is 84.6 Å². The van der Waals surface area contributed by atoms with Gasteiger partial charge in [0.15, 0.2) is 0 Å². The lowest BCUT2D eigenvalue weighted by atomic mass is 9.33. The van der Waals surface area contributed by atoms with E-state index in [0.717, 1.165) is 29.9 Å². The zero-order chi connectivity index (χ0) is 36.7. The monoisotopic (exact) mass is 715 g/mol. The van der Waals surface area contributed by atoms with Crippen LogP contribution in [0.5, 0.6) is 0 Å². The summed E-state index contributed by atoms with van der Waals surface area (Å²) >= 11 is 0. The van der Waals surface area contributed by atoms with Gasteiger partial charge in [0.05, 0.1) is 0 Å². The minimum Gasteiger partial charge on any atom is -0.338 e. The van der Waals surface area contributed by atoms with Crippen molar-refractivity contribution in [2.45, 2.75) is 25.3 Å². The van der Waals surface area contributed by atoms with Crippen molar-refractivity contribution >= 4 is 68.6 Å². The van der Waals surface area contributed by atoms with E-state index in [1.807, 2.05) is 0 Å². The lowest BCUT2D eigenvalue weighted by Gasteiger charge is -2.46. The second kappa shape index (κ2) is 12.4. The number of rotatable bonds is 6. The van der Waals surface area contributed by atoms with Crippen molar-refractivity contribution in [2.24, 2.45) is 0 Å². The molecule has 0 N–H and O–H groups in total. The van der Waals surface area contributed by atoms with Gasteiger partial charge >= 0.3 is 0 Å². The summed E-state index contributed by atoms with van der Waals surface area (Å²) in [4.78, 5) is 7.69. The summed E-state index contributed by atoms with van der Waals surface area (Å²) in [5.41, 5.74) is 22.1. The first-order valence-corrected chi connectivity index (χ1v) is 20.0. The van der Waals surface area contributed by atoms with Crippen LogP contribution < -0.4 is 31.1 Å². The summed E-state index contributed by atoms with van der Waals surface area (Å²) in [5, 5.41) is 0. The van der Waals surface area contributed by atoms with Gasteiger partial charge in [0.2, 0.25) is 0 Å². The second-order valence-corrected chi connectivity index (χ2v) is 15.6. The lowest BCUT2D eigenvalue weighted by Crippen LogP contribution is -2.62. The fourth-order valence-corrected chi connectivity index (χ4v) is 10.2. The molecular weight excluding hydrogens is 677 g/mol. The molecule has 0 saturated carbocycles. The van der Waals surface area contributed by atoms with Gasteiger partial charge in [0.1, 0.15) is 0 Å². The van der Waals surface area contributed by atoms with Crippen molar-refractivity contribution in [3.8, 4) is 22.3 Å². The third-order valence-electron chi connectivity index (χ3n) is 12.6. The average Bonchev–Trinajstić information content (AvgIpc) is 3.67. The van der Waals surface area contributed by atoms with Gasteiger partial charge in [-0.15, -0.1) is 0 Å². The highest BCUT2D eigenvalue weighted by Crippen LogP contribution is 2.50. The van der Waals surface area contributed by atoms with E-state index < -0.39 is 0 Å². The maximum atomic E-state index is 2.74. The van der Waals surface area contributed by atoms with Gasteiger partial charge < -0.3 is 14.7 Å². The van der Waals surface area contributed by atoms with Crippen LogP contribution in [-0.2, 0) is 12.8 Å². The Morgan fingerprint density at radius 3 is 1.73 bits per heavy atom. The van der Waals surface area contributed by atoms with Crippen LogP contribution in [0.25, 0.3) is 22.3 Å². The van der Waals surface area contributed by atoms with Gasteiger partial charge in [-0.3, -0.25) is 0 Å². The van der Waals surface area contributed by atoms with E-state index in [0.29, 0.717) is 6.04 Å². The van der Waals surface area contributed by atoms with Crippen molar-refractivity contribution in [1.29, 1.82) is 0 Å². The highest BCUT2D eigenvalue weighted by atomic mass is 15.2. The van der Waals surface area contributed by atoms with Crippen LogP contribution >= 0.6 is 0 Å². The summed E-state index contributed by atoms with van der Waals surface area (Å²) in [7, 11) is 0. The summed E-state index contributed by atoms with van der Waals surface area (Å²) in [6.45, 7) is 0.163. The first-order valence-electron chi connectivity index (χ1n) is 20.0. The molecular formula is C52H38BN3. The van der Waals surface area contributed by atoms with Crippen molar-refractivity contribution in [1.82, 2.24) is 0 Å². The maximum Gasteiger partial charge on any atom is 0.252 e. The molecule has 8 aromatic rings. The number of aryl methyl sites for hydroxylation is 1. The molecule has 1 atom stereocenters. The van der Waals surface area contributed by atoms with Gasteiger partial charge in [-0.1, -0.05) is 133 Å². The van der Waals surface area contributed by atoms with Crippen LogP contribution in [0.4, 0.5) is 45.5 Å². The van der Waals surface area contributed by atoms with Gasteiger partial charge in [-0.05, 0) is 124 Å². The topological polar surface area (TPSA) is 9.72 Å². The fraction of sp³-hybridized carbons (Fsp3) is 0.0769. The highest BCUT2D eigenvalue weighted by Gasteiger charge is 2.49. The Bertz CT molecular complexity index is 2700. The van der Waals surface area contributed by atoms with Crippen LogP contribution in [0, 0.1) is 0 Å². The molecule has 4 aliphatic heterocycles. The van der Waals surface area contributed by atoms with Crippen LogP contribution in [0.2, 0.25) is 0 Å². The minimum absolute atomic E-state index is 0.163. The summed E-state index contributed by atoms with van der Waals surface area (Å²) < 4.78 is 0. The van der Waals surface area contributed by atoms with E-state index in [9.17, 15) is 0 Å². The average molecular weight is 716 g/mol. The molecule has 8 aromatic carbocycles. The normalized spacial score (nSPS) is 15.4. The van der Waals surface area contributed by atoms with Crippen LogP contribution in [0.1, 0.15) is 17.5 Å². The van der Waals surface area contributed by atoms with Crippen LogP contribution in [-0.4, -0.2) is 12.8 Å². The predicted molar refractivity (Wildman–Crippen MR) is 236 cm³/mol. The van der Waals surface area contributed by atoms with Crippen molar-refractivity contribution in [3.05, 3.63) is 199 Å². The molecule has 0 amide bonds. The molecule has 0 aliphatic carbocycles. The van der Waals surface area contributed by atoms with Crippen molar-refractivity contribution < 1.29 is 0 Å². The molecule has 12 rings (SSSR count). The van der Waals surface area contributed by atoms with E-state index in [4.69, 9.17) is 0 Å². The molecule has 0 fully saturated rings. The molecule has 3 nitrogen and oxygen atoms in total. The first-order chi connectivity index (χ1) is 27.8. The molecule has 1 unspecified atom stereocenters. The second-order valence-electron chi connectivity index (χ2n) is 15.6. The standard InChI is InChI=1S/C52H38BN3/c1-4-11-35(12-5-1)37-19-25-42(26-20-37)54(43-27-21-38(22-28-43)36-13-6-2-7-14-36)45-30-31-46-49(34-45)55(41-16-8-3-9-17-41)48-32-24-40-33-44-29-23-39-15-10-18-47-51(39)56(44)52(40)50(48)53(46)47/h1-22,24-28,30-32,34,44H,23,29,33H2. The van der Waals surface area contributed by atoms with E-state index in [-0.39, 0.29) is 6.71 Å². The van der Waals surface area contributed by atoms with E-state index in [1.54, 1.807) is 0 Å². The van der Waals surface area contributed by atoms with Crippen LogP contribution in [0.15, 0.2) is 188 Å². The highest BCUT2D eigenvalue weighted by molar-refractivity contribution is 7.00. The number of benzene rings is 8. The zero-order valence-electron chi connectivity index (χ0n) is 31.0. The minimum atomic E-state index is 0.163. The Balaban J connectivity index is 1.06. The Morgan fingerprint density at radius 1 is 0.464 bits per heavy atom. The molecule has 4 heteroatoms. The van der Waals surface area contributed by atoms with E-state index in [2.05, 4.69) is 203 Å². The number of hydrogen-bond acceptors (Lipinski definition) is 3. The van der Waals surface area contributed by atoms with Gasteiger partial charge in [-0.25, -0.2) is 0 Å². The number of fused-ring (bicyclic) bond motifs is 3. The maximum absolute atomic E-state index is 2.74. The number of para-hydroxylation sites is 2. The van der Waals surface area contributed by atoms with Gasteiger partial charge in [-0.2, -0.15) is 0 Å². The molecule has 0 radical (unpaired) electrons. The Morgan fingerprint density at radius 2 is 1.07 bits per heavy atom. The number of anilines is 8. The summed E-state index contributed by atoms with van der Waals surface area (Å²) in [6.07, 6.45) is 3.49. The van der Waals surface area contributed by atoms with Gasteiger partial charge in [0, 0.05) is 51.5 Å². The molecule has 264 valence electrons. The predicted octanol–water partition coefficient (Wildman–Crippen LogP) is 11.1. The summed E-state index contributed by atoms with van der Waals surface area (Å²) in [6, 6.07) is 70.0. The largest absolute Gasteiger partial charge is 0.338 e. The third-order valence-corrected chi connectivity index (χ3v) is 12.6. The molecule has 0 aromatic heterocycles. The van der Waals surface area contributed by atoms with Gasteiger partial charge in [0.25, 0.3) is 6.71 Å². The quantitative estimate of drug-likeness (QED) is 0.159. The molecule has 0 bridgehead atoms.